The number of rotatable bonds is 8. The SMILES string of the molecule is CCC(CNC(=O)NCCOC(N)=O)CC(=O)O. The zero-order chi connectivity index (χ0) is 14.0. The first-order valence-corrected chi connectivity index (χ1v) is 5.61. The number of ether oxygens (including phenoxy) is 1. The standard InChI is InChI=1S/C10H19N3O5/c1-2-7(5-8(14)15)6-13-10(17)12-3-4-18-9(11)16/h7H,2-6H2,1H3,(H2,11,16)(H,14,15)(H2,12,13,17). The van der Waals surface area contributed by atoms with Crippen LogP contribution < -0.4 is 16.4 Å². The van der Waals surface area contributed by atoms with Gasteiger partial charge in [-0.3, -0.25) is 4.79 Å². The van der Waals surface area contributed by atoms with Crippen molar-refractivity contribution in [3.63, 3.8) is 0 Å². The maximum Gasteiger partial charge on any atom is 0.404 e. The summed E-state index contributed by atoms with van der Waals surface area (Å²) in [5.41, 5.74) is 4.73. The third-order valence-corrected chi connectivity index (χ3v) is 2.22. The minimum atomic E-state index is -0.898. The van der Waals surface area contributed by atoms with Gasteiger partial charge in [0.05, 0.1) is 6.54 Å². The molecule has 0 aliphatic heterocycles. The normalized spacial score (nSPS) is 11.4. The Labute approximate surface area is 105 Å². The molecule has 0 aromatic heterocycles. The summed E-state index contributed by atoms with van der Waals surface area (Å²) in [6.07, 6.45) is -0.219. The Bertz CT molecular complexity index is 295. The molecule has 0 aromatic carbocycles. The van der Waals surface area contributed by atoms with E-state index in [2.05, 4.69) is 15.4 Å². The second-order valence-electron chi connectivity index (χ2n) is 3.68. The molecular formula is C10H19N3O5. The quantitative estimate of drug-likeness (QED) is 0.452. The molecule has 0 aromatic rings. The molecule has 18 heavy (non-hydrogen) atoms. The molecule has 0 saturated carbocycles. The highest BCUT2D eigenvalue weighted by molar-refractivity contribution is 5.74. The van der Waals surface area contributed by atoms with Gasteiger partial charge >= 0.3 is 18.1 Å². The third-order valence-electron chi connectivity index (χ3n) is 2.22. The Kier molecular flexibility index (Phi) is 8.08. The van der Waals surface area contributed by atoms with Gasteiger partial charge in [0.25, 0.3) is 0 Å². The summed E-state index contributed by atoms with van der Waals surface area (Å²) < 4.78 is 4.41. The highest BCUT2D eigenvalue weighted by atomic mass is 16.5. The molecule has 1 atom stereocenters. The van der Waals surface area contributed by atoms with Crippen molar-refractivity contribution >= 4 is 18.1 Å². The van der Waals surface area contributed by atoms with Crippen LogP contribution in [0.5, 0.6) is 0 Å². The second kappa shape index (κ2) is 9.08. The van der Waals surface area contributed by atoms with Crippen LogP contribution in [0.3, 0.4) is 0 Å². The van der Waals surface area contributed by atoms with Crippen molar-refractivity contribution in [3.05, 3.63) is 0 Å². The number of carbonyl (C=O) groups is 3. The molecule has 1 unspecified atom stereocenters. The molecule has 8 heteroatoms. The number of aliphatic carboxylic acids is 1. The van der Waals surface area contributed by atoms with E-state index < -0.39 is 18.1 Å². The Morgan fingerprint density at radius 1 is 1.33 bits per heavy atom. The Morgan fingerprint density at radius 2 is 2.00 bits per heavy atom. The highest BCUT2D eigenvalue weighted by Crippen LogP contribution is 2.06. The van der Waals surface area contributed by atoms with Crippen LogP contribution in [0.2, 0.25) is 0 Å². The molecule has 0 aliphatic carbocycles. The number of urea groups is 1. The van der Waals surface area contributed by atoms with Crippen molar-refractivity contribution in [1.29, 1.82) is 0 Å². The number of hydrogen-bond donors (Lipinski definition) is 4. The summed E-state index contributed by atoms with van der Waals surface area (Å²) in [5.74, 6) is -0.992. The first-order chi connectivity index (χ1) is 8.45. The largest absolute Gasteiger partial charge is 0.481 e. The summed E-state index contributed by atoms with van der Waals surface area (Å²) in [5, 5.41) is 13.6. The summed E-state index contributed by atoms with van der Waals surface area (Å²) in [6, 6.07) is -0.438. The molecule has 0 rings (SSSR count). The molecule has 104 valence electrons. The van der Waals surface area contributed by atoms with Crippen molar-refractivity contribution in [1.82, 2.24) is 10.6 Å². The van der Waals surface area contributed by atoms with Gasteiger partial charge < -0.3 is 26.2 Å². The fourth-order valence-electron chi connectivity index (χ4n) is 1.22. The molecule has 5 N–H and O–H groups in total. The van der Waals surface area contributed by atoms with Gasteiger partial charge in [0.2, 0.25) is 0 Å². The number of amides is 3. The molecule has 0 heterocycles. The van der Waals surface area contributed by atoms with Gasteiger partial charge in [-0.1, -0.05) is 13.3 Å². The van der Waals surface area contributed by atoms with Gasteiger partial charge in [0.1, 0.15) is 6.61 Å². The Morgan fingerprint density at radius 3 is 2.50 bits per heavy atom. The summed E-state index contributed by atoms with van der Waals surface area (Å²) in [6.45, 7) is 2.28. The number of nitrogens with one attached hydrogen (secondary N) is 2. The smallest absolute Gasteiger partial charge is 0.404 e. The maximum absolute atomic E-state index is 11.3. The fourth-order valence-corrected chi connectivity index (χ4v) is 1.22. The minimum Gasteiger partial charge on any atom is -0.481 e. The van der Waals surface area contributed by atoms with E-state index in [0.29, 0.717) is 6.42 Å². The van der Waals surface area contributed by atoms with Crippen LogP contribution in [0.1, 0.15) is 19.8 Å². The highest BCUT2D eigenvalue weighted by Gasteiger charge is 2.12. The zero-order valence-electron chi connectivity index (χ0n) is 10.3. The van der Waals surface area contributed by atoms with Crippen molar-refractivity contribution in [2.24, 2.45) is 11.7 Å². The number of carbonyl (C=O) groups excluding carboxylic acids is 2. The van der Waals surface area contributed by atoms with Gasteiger partial charge in [-0.25, -0.2) is 9.59 Å². The predicted molar refractivity (Wildman–Crippen MR) is 63.0 cm³/mol. The topological polar surface area (TPSA) is 131 Å². The van der Waals surface area contributed by atoms with Gasteiger partial charge in [0, 0.05) is 13.0 Å². The average Bonchev–Trinajstić information content (AvgIpc) is 2.29. The molecule has 0 saturated heterocycles. The molecule has 8 nitrogen and oxygen atoms in total. The molecule has 0 fully saturated rings. The van der Waals surface area contributed by atoms with Crippen LogP contribution in [0.25, 0.3) is 0 Å². The van der Waals surface area contributed by atoms with Crippen molar-refractivity contribution in [2.75, 3.05) is 19.7 Å². The monoisotopic (exact) mass is 261 g/mol. The molecular weight excluding hydrogens is 242 g/mol. The van der Waals surface area contributed by atoms with Crippen LogP contribution in [0.4, 0.5) is 9.59 Å². The first kappa shape index (κ1) is 16.0. The fraction of sp³-hybridized carbons (Fsp3) is 0.700. The number of carboxylic acids is 1. The molecule has 0 radical (unpaired) electrons. The van der Waals surface area contributed by atoms with Gasteiger partial charge in [-0.2, -0.15) is 0 Å². The van der Waals surface area contributed by atoms with E-state index in [4.69, 9.17) is 10.8 Å². The predicted octanol–water partition coefficient (Wildman–Crippen LogP) is -0.118. The molecule has 3 amide bonds. The second-order valence-corrected chi connectivity index (χ2v) is 3.68. The molecule has 0 spiro atoms. The van der Waals surface area contributed by atoms with E-state index in [9.17, 15) is 14.4 Å². The number of nitrogens with two attached hydrogens (primary N) is 1. The van der Waals surface area contributed by atoms with Crippen LogP contribution in [0, 0.1) is 5.92 Å². The van der Waals surface area contributed by atoms with Gasteiger partial charge in [0.15, 0.2) is 0 Å². The van der Waals surface area contributed by atoms with E-state index in [0.717, 1.165) is 0 Å². The average molecular weight is 261 g/mol. The van der Waals surface area contributed by atoms with Crippen molar-refractivity contribution in [3.8, 4) is 0 Å². The summed E-state index contributed by atoms with van der Waals surface area (Å²) >= 11 is 0. The van der Waals surface area contributed by atoms with Gasteiger partial charge in [-0.15, -0.1) is 0 Å². The number of primary amides is 1. The molecule has 0 bridgehead atoms. The third kappa shape index (κ3) is 9.25. The zero-order valence-corrected chi connectivity index (χ0v) is 10.3. The maximum atomic E-state index is 11.3. The van der Waals surface area contributed by atoms with Crippen LogP contribution in [-0.4, -0.2) is 42.9 Å². The summed E-state index contributed by atoms with van der Waals surface area (Å²) in [7, 11) is 0. The number of hydrogen-bond acceptors (Lipinski definition) is 4. The van der Waals surface area contributed by atoms with Crippen LogP contribution >= 0.6 is 0 Å². The lowest BCUT2D eigenvalue weighted by Crippen LogP contribution is -2.40. The van der Waals surface area contributed by atoms with Crippen molar-refractivity contribution < 1.29 is 24.2 Å². The lowest BCUT2D eigenvalue weighted by atomic mass is 10.0. The Hall–Kier alpha value is -1.99. The van der Waals surface area contributed by atoms with Crippen LogP contribution in [-0.2, 0) is 9.53 Å². The van der Waals surface area contributed by atoms with Crippen molar-refractivity contribution in [2.45, 2.75) is 19.8 Å². The Balaban J connectivity index is 3.67. The lowest BCUT2D eigenvalue weighted by Gasteiger charge is -2.13. The van der Waals surface area contributed by atoms with E-state index in [1.807, 2.05) is 6.92 Å². The lowest BCUT2D eigenvalue weighted by molar-refractivity contribution is -0.138. The molecule has 0 aliphatic rings. The first-order valence-electron chi connectivity index (χ1n) is 5.61. The van der Waals surface area contributed by atoms with E-state index in [1.165, 1.54) is 0 Å². The summed E-state index contributed by atoms with van der Waals surface area (Å²) in [4.78, 5) is 32.0. The van der Waals surface area contributed by atoms with E-state index in [-0.39, 0.29) is 32.0 Å². The minimum absolute atomic E-state index is 0.00488. The van der Waals surface area contributed by atoms with Crippen LogP contribution in [0.15, 0.2) is 0 Å². The van der Waals surface area contributed by atoms with Gasteiger partial charge in [-0.05, 0) is 5.92 Å². The van der Waals surface area contributed by atoms with E-state index >= 15 is 0 Å². The number of carboxylic acid groups (broad SMARTS) is 1. The van der Waals surface area contributed by atoms with E-state index in [1.54, 1.807) is 0 Å².